The van der Waals surface area contributed by atoms with E-state index in [1.165, 1.54) is 6.20 Å². The second-order valence-electron chi connectivity index (χ2n) is 3.81. The van der Waals surface area contributed by atoms with Gasteiger partial charge in [-0.05, 0) is 28.1 Å². The maximum absolute atomic E-state index is 12.8. The molecular weight excluding hydrogens is 325 g/mol. The van der Waals surface area contributed by atoms with Gasteiger partial charge >= 0.3 is 6.18 Å². The Kier molecular flexibility index (Phi) is 4.08. The van der Waals surface area contributed by atoms with Gasteiger partial charge in [0.05, 0.1) is 5.56 Å². The summed E-state index contributed by atoms with van der Waals surface area (Å²) in [5, 5.41) is 9.18. The first kappa shape index (κ1) is 13.9. The van der Waals surface area contributed by atoms with Crippen LogP contribution in [-0.4, -0.2) is 21.7 Å². The molecule has 0 aliphatic rings. The fourth-order valence-corrected chi connectivity index (χ4v) is 1.87. The Labute approximate surface area is 115 Å². The maximum atomic E-state index is 12.8. The van der Waals surface area contributed by atoms with Crippen LogP contribution in [0, 0.1) is 0 Å². The van der Waals surface area contributed by atoms with Crippen LogP contribution in [0.5, 0.6) is 0 Å². The molecule has 0 spiro atoms. The number of rotatable bonds is 4. The number of aromatic amines is 1. The molecule has 0 fully saturated rings. The van der Waals surface area contributed by atoms with Crippen LogP contribution in [0.15, 0.2) is 29.0 Å². The number of nitrogens with zero attached hydrogens (tertiary/aromatic N) is 2. The van der Waals surface area contributed by atoms with E-state index >= 15 is 0 Å². The van der Waals surface area contributed by atoms with E-state index in [2.05, 4.69) is 36.4 Å². The minimum atomic E-state index is -4.44. The van der Waals surface area contributed by atoms with Gasteiger partial charge in [-0.15, -0.1) is 0 Å². The number of pyridine rings is 1. The molecule has 19 heavy (non-hydrogen) atoms. The van der Waals surface area contributed by atoms with Crippen molar-refractivity contribution in [2.24, 2.45) is 0 Å². The van der Waals surface area contributed by atoms with E-state index in [1.54, 1.807) is 12.3 Å². The summed E-state index contributed by atoms with van der Waals surface area (Å²) >= 11 is 2.98. The third kappa shape index (κ3) is 3.69. The third-order valence-electron chi connectivity index (χ3n) is 2.40. The number of aromatic nitrogens is 3. The van der Waals surface area contributed by atoms with Crippen LogP contribution in [-0.2, 0) is 12.6 Å². The van der Waals surface area contributed by atoms with Gasteiger partial charge in [0.25, 0.3) is 0 Å². The Morgan fingerprint density at radius 2 is 2.16 bits per heavy atom. The van der Waals surface area contributed by atoms with E-state index in [4.69, 9.17) is 0 Å². The summed E-state index contributed by atoms with van der Waals surface area (Å²) in [6.07, 6.45) is -0.982. The molecule has 0 atom stereocenters. The van der Waals surface area contributed by atoms with Gasteiger partial charge in [0.15, 0.2) is 0 Å². The highest BCUT2D eigenvalue weighted by molar-refractivity contribution is 9.10. The highest BCUT2D eigenvalue weighted by Crippen LogP contribution is 2.35. The van der Waals surface area contributed by atoms with Crippen molar-refractivity contribution in [1.82, 2.24) is 15.2 Å². The average molecular weight is 335 g/mol. The van der Waals surface area contributed by atoms with Crippen LogP contribution < -0.4 is 5.32 Å². The van der Waals surface area contributed by atoms with E-state index in [1.807, 2.05) is 0 Å². The molecule has 2 N–H and O–H groups in total. The Hall–Kier alpha value is -1.57. The fourth-order valence-electron chi connectivity index (χ4n) is 1.54. The van der Waals surface area contributed by atoms with E-state index in [9.17, 15) is 13.2 Å². The zero-order valence-electron chi connectivity index (χ0n) is 9.63. The molecule has 0 unspecified atom stereocenters. The Morgan fingerprint density at radius 3 is 2.79 bits per heavy atom. The Balaban J connectivity index is 2.07. The van der Waals surface area contributed by atoms with Crippen LogP contribution in [0.2, 0.25) is 0 Å². The van der Waals surface area contributed by atoms with Gasteiger partial charge in [0.1, 0.15) is 5.82 Å². The molecule has 2 heterocycles. The fraction of sp³-hybridized carbons (Fsp3) is 0.273. The molecule has 4 nitrogen and oxygen atoms in total. The lowest BCUT2D eigenvalue weighted by Crippen LogP contribution is -2.14. The first-order valence-electron chi connectivity index (χ1n) is 5.41. The van der Waals surface area contributed by atoms with Crippen LogP contribution in [0.4, 0.5) is 19.0 Å². The molecule has 0 aromatic carbocycles. The first-order valence-corrected chi connectivity index (χ1v) is 6.21. The van der Waals surface area contributed by atoms with Crippen LogP contribution in [0.1, 0.15) is 11.3 Å². The molecule has 8 heteroatoms. The van der Waals surface area contributed by atoms with Crippen LogP contribution >= 0.6 is 15.9 Å². The summed E-state index contributed by atoms with van der Waals surface area (Å²) in [7, 11) is 0. The molecule has 102 valence electrons. The lowest BCUT2D eigenvalue weighted by Gasteiger charge is -2.13. The lowest BCUT2D eigenvalue weighted by molar-refractivity contribution is -0.137. The van der Waals surface area contributed by atoms with E-state index < -0.39 is 11.7 Å². The molecular formula is C11H10BrF3N4. The lowest BCUT2D eigenvalue weighted by atomic mass is 10.2. The van der Waals surface area contributed by atoms with Crippen LogP contribution in [0.3, 0.4) is 0 Å². The molecule has 0 saturated carbocycles. The van der Waals surface area contributed by atoms with Gasteiger partial charge in [-0.3, -0.25) is 5.10 Å². The summed E-state index contributed by atoms with van der Waals surface area (Å²) in [5.41, 5.74) is 0.0599. The second kappa shape index (κ2) is 5.60. The van der Waals surface area contributed by atoms with Crippen molar-refractivity contribution in [1.29, 1.82) is 0 Å². The predicted octanol–water partition coefficient (Wildman–Crippen LogP) is 3.24. The molecule has 2 aromatic rings. The number of anilines is 1. The van der Waals surface area contributed by atoms with Crippen molar-refractivity contribution in [2.45, 2.75) is 12.6 Å². The largest absolute Gasteiger partial charge is 0.419 e. The molecule has 2 rings (SSSR count). The van der Waals surface area contributed by atoms with Crippen molar-refractivity contribution in [2.75, 3.05) is 11.9 Å². The summed E-state index contributed by atoms with van der Waals surface area (Å²) in [4.78, 5) is 3.76. The highest BCUT2D eigenvalue weighted by atomic mass is 79.9. The van der Waals surface area contributed by atoms with E-state index in [-0.39, 0.29) is 5.82 Å². The quantitative estimate of drug-likeness (QED) is 0.902. The minimum Gasteiger partial charge on any atom is -0.369 e. The molecule has 0 radical (unpaired) electrons. The van der Waals surface area contributed by atoms with Crippen molar-refractivity contribution in [3.63, 3.8) is 0 Å². The Morgan fingerprint density at radius 1 is 1.37 bits per heavy atom. The zero-order valence-corrected chi connectivity index (χ0v) is 11.2. The highest BCUT2D eigenvalue weighted by Gasteiger charge is 2.34. The van der Waals surface area contributed by atoms with E-state index in [0.717, 1.165) is 11.8 Å². The van der Waals surface area contributed by atoms with Crippen LogP contribution in [0.25, 0.3) is 0 Å². The molecule has 2 aromatic heterocycles. The zero-order chi connectivity index (χ0) is 13.9. The van der Waals surface area contributed by atoms with Gasteiger partial charge in [-0.1, -0.05) is 0 Å². The van der Waals surface area contributed by atoms with Crippen molar-refractivity contribution < 1.29 is 13.2 Å². The number of halogens is 4. The molecule has 0 amide bonds. The van der Waals surface area contributed by atoms with Gasteiger partial charge in [-0.25, -0.2) is 4.98 Å². The van der Waals surface area contributed by atoms with Gasteiger partial charge in [0, 0.05) is 35.5 Å². The summed E-state index contributed by atoms with van der Waals surface area (Å²) in [6.45, 7) is 0.333. The van der Waals surface area contributed by atoms with Crippen molar-refractivity contribution in [3.05, 3.63) is 40.3 Å². The summed E-state index contributed by atoms with van der Waals surface area (Å²) < 4.78 is 38.7. The minimum absolute atomic E-state index is 0.171. The predicted molar refractivity (Wildman–Crippen MR) is 67.7 cm³/mol. The van der Waals surface area contributed by atoms with Gasteiger partial charge in [-0.2, -0.15) is 18.3 Å². The summed E-state index contributed by atoms with van der Waals surface area (Å²) in [6, 6.07) is 2.77. The number of H-pyrrole nitrogens is 1. The second-order valence-corrected chi connectivity index (χ2v) is 4.72. The van der Waals surface area contributed by atoms with E-state index in [0.29, 0.717) is 17.4 Å². The number of alkyl halides is 3. The van der Waals surface area contributed by atoms with Gasteiger partial charge < -0.3 is 5.32 Å². The average Bonchev–Trinajstić information content (AvgIpc) is 2.83. The van der Waals surface area contributed by atoms with Gasteiger partial charge in [0.2, 0.25) is 0 Å². The normalized spacial score (nSPS) is 11.6. The first-order chi connectivity index (χ1) is 8.97. The molecule has 0 aliphatic carbocycles. The smallest absolute Gasteiger partial charge is 0.369 e. The van der Waals surface area contributed by atoms with Crippen molar-refractivity contribution in [3.8, 4) is 0 Å². The monoisotopic (exact) mass is 334 g/mol. The van der Waals surface area contributed by atoms with Crippen molar-refractivity contribution >= 4 is 21.7 Å². The maximum Gasteiger partial charge on any atom is 0.419 e. The topological polar surface area (TPSA) is 53.6 Å². The summed E-state index contributed by atoms with van der Waals surface area (Å²) in [5.74, 6) is -0.171. The number of nitrogens with one attached hydrogen (secondary N) is 2. The number of hydrogen-bond donors (Lipinski definition) is 2. The SMILES string of the molecule is FC(F)(F)c1cc(Br)cnc1NCCc1ccn[nH]1. The number of hydrogen-bond acceptors (Lipinski definition) is 3. The Bertz CT molecular complexity index is 539. The standard InChI is InChI=1S/C11H10BrF3N4/c12-7-5-9(11(13,14)15)10(17-6-7)16-3-1-8-2-4-18-19-8/h2,4-6H,1,3H2,(H,16,17)(H,18,19). The molecule has 0 bridgehead atoms. The third-order valence-corrected chi connectivity index (χ3v) is 2.84. The molecule has 0 aliphatic heterocycles. The molecule has 0 saturated heterocycles.